The largest absolute Gasteiger partial charge is 0.373 e. The van der Waals surface area contributed by atoms with Gasteiger partial charge in [0, 0.05) is 26.3 Å². The average Bonchev–Trinajstić information content (AvgIpc) is 2.46. The van der Waals surface area contributed by atoms with Crippen LogP contribution in [0.15, 0.2) is 18.3 Å². The molecule has 4 heteroatoms. The molecule has 1 fully saturated rings. The number of nitrogens with one attached hydrogen (secondary N) is 1. The van der Waals surface area contributed by atoms with Crippen molar-refractivity contribution in [3.8, 4) is 0 Å². The lowest BCUT2D eigenvalue weighted by molar-refractivity contribution is 0.0679. The van der Waals surface area contributed by atoms with Gasteiger partial charge < -0.3 is 10.2 Å². The van der Waals surface area contributed by atoms with Crippen molar-refractivity contribution in [1.29, 1.82) is 0 Å². The van der Waals surface area contributed by atoms with Gasteiger partial charge in [-0.3, -0.25) is 4.79 Å². The van der Waals surface area contributed by atoms with E-state index in [4.69, 9.17) is 0 Å². The molecule has 1 heterocycles. The van der Waals surface area contributed by atoms with Crippen LogP contribution in [0.25, 0.3) is 0 Å². The summed E-state index contributed by atoms with van der Waals surface area (Å²) in [5.74, 6) is 1.66. The number of carbonyl (C=O) groups is 1. The summed E-state index contributed by atoms with van der Waals surface area (Å²) in [6.45, 7) is 2.29. The molecule has 1 amide bonds. The average molecular weight is 261 g/mol. The molecule has 1 saturated carbocycles. The van der Waals surface area contributed by atoms with Gasteiger partial charge in [-0.15, -0.1) is 0 Å². The number of pyridine rings is 1. The normalized spacial score (nSPS) is 22.9. The zero-order valence-electron chi connectivity index (χ0n) is 12.0. The summed E-state index contributed by atoms with van der Waals surface area (Å²) in [6.07, 6.45) is 6.32. The van der Waals surface area contributed by atoms with Gasteiger partial charge in [0.25, 0.3) is 5.91 Å². The molecule has 19 heavy (non-hydrogen) atoms. The van der Waals surface area contributed by atoms with Gasteiger partial charge in [-0.05, 0) is 43.7 Å². The molecule has 0 aliphatic heterocycles. The van der Waals surface area contributed by atoms with Crippen molar-refractivity contribution in [2.24, 2.45) is 5.92 Å². The molecule has 1 N–H and O–H groups in total. The van der Waals surface area contributed by atoms with Crippen LogP contribution in [-0.2, 0) is 0 Å². The molecule has 1 aromatic rings. The summed E-state index contributed by atoms with van der Waals surface area (Å²) >= 11 is 0. The van der Waals surface area contributed by atoms with Crippen molar-refractivity contribution in [3.05, 3.63) is 23.9 Å². The van der Waals surface area contributed by atoms with E-state index >= 15 is 0 Å². The van der Waals surface area contributed by atoms with Crippen molar-refractivity contribution in [2.45, 2.75) is 38.6 Å². The summed E-state index contributed by atoms with van der Waals surface area (Å²) in [5.41, 5.74) is 0.667. The van der Waals surface area contributed by atoms with Crippen LogP contribution >= 0.6 is 0 Å². The molecular formula is C15H23N3O. The quantitative estimate of drug-likeness (QED) is 0.910. The molecule has 0 saturated heterocycles. The van der Waals surface area contributed by atoms with E-state index in [1.54, 1.807) is 6.20 Å². The number of anilines is 1. The maximum atomic E-state index is 12.4. The maximum Gasteiger partial charge on any atom is 0.255 e. The lowest BCUT2D eigenvalue weighted by Crippen LogP contribution is -2.39. The Labute approximate surface area is 115 Å². The lowest BCUT2D eigenvalue weighted by atomic mass is 9.86. The highest BCUT2D eigenvalue weighted by molar-refractivity contribution is 5.94. The molecule has 1 aromatic heterocycles. The number of aromatic nitrogens is 1. The third-order valence-electron chi connectivity index (χ3n) is 4.12. The molecule has 4 nitrogen and oxygen atoms in total. The van der Waals surface area contributed by atoms with Gasteiger partial charge in [-0.1, -0.05) is 6.92 Å². The van der Waals surface area contributed by atoms with Crippen LogP contribution in [0.1, 0.15) is 43.0 Å². The molecule has 0 aromatic carbocycles. The van der Waals surface area contributed by atoms with Crippen LogP contribution < -0.4 is 5.32 Å². The lowest BCUT2D eigenvalue weighted by Gasteiger charge is -2.33. The van der Waals surface area contributed by atoms with Crippen molar-refractivity contribution in [1.82, 2.24) is 9.88 Å². The van der Waals surface area contributed by atoms with Gasteiger partial charge in [0.15, 0.2) is 0 Å². The van der Waals surface area contributed by atoms with E-state index in [0.717, 1.165) is 24.6 Å². The first-order valence-corrected chi connectivity index (χ1v) is 7.02. The number of hydrogen-bond donors (Lipinski definition) is 1. The molecule has 2 rings (SSSR count). The van der Waals surface area contributed by atoms with E-state index in [1.807, 2.05) is 31.1 Å². The summed E-state index contributed by atoms with van der Waals surface area (Å²) in [4.78, 5) is 18.5. The fourth-order valence-electron chi connectivity index (χ4n) is 2.67. The van der Waals surface area contributed by atoms with E-state index in [9.17, 15) is 4.79 Å². The maximum absolute atomic E-state index is 12.4. The second-order valence-corrected chi connectivity index (χ2v) is 5.51. The summed E-state index contributed by atoms with van der Waals surface area (Å²) in [7, 11) is 3.73. The fraction of sp³-hybridized carbons (Fsp3) is 0.600. The zero-order chi connectivity index (χ0) is 13.8. The van der Waals surface area contributed by atoms with Crippen LogP contribution in [0.5, 0.6) is 0 Å². The minimum absolute atomic E-state index is 0.0784. The molecule has 0 unspecified atom stereocenters. The third-order valence-corrected chi connectivity index (χ3v) is 4.12. The Hall–Kier alpha value is -1.58. The van der Waals surface area contributed by atoms with E-state index < -0.39 is 0 Å². The molecule has 0 radical (unpaired) electrons. The first-order valence-electron chi connectivity index (χ1n) is 7.02. The zero-order valence-corrected chi connectivity index (χ0v) is 12.0. The standard InChI is InChI=1S/C15H23N3O/c1-11-4-7-13(8-5-11)18(3)15(19)12-6-9-14(16-2)17-10-12/h6,9-11,13H,4-5,7-8H2,1-3H3,(H,16,17). The number of amides is 1. The molecule has 0 atom stereocenters. The Morgan fingerprint density at radius 1 is 1.32 bits per heavy atom. The van der Waals surface area contributed by atoms with Crippen molar-refractivity contribution >= 4 is 11.7 Å². The van der Waals surface area contributed by atoms with E-state index in [-0.39, 0.29) is 5.91 Å². The smallest absolute Gasteiger partial charge is 0.255 e. The molecule has 1 aliphatic rings. The molecule has 0 bridgehead atoms. The summed E-state index contributed by atoms with van der Waals surface area (Å²) in [5, 5.41) is 2.95. The van der Waals surface area contributed by atoms with E-state index in [1.165, 1.54) is 12.8 Å². The summed E-state index contributed by atoms with van der Waals surface area (Å²) < 4.78 is 0. The minimum Gasteiger partial charge on any atom is -0.373 e. The Kier molecular flexibility index (Phi) is 4.40. The van der Waals surface area contributed by atoms with Gasteiger partial charge in [0.05, 0.1) is 5.56 Å². The van der Waals surface area contributed by atoms with Crippen LogP contribution in [-0.4, -0.2) is 35.9 Å². The fourth-order valence-corrected chi connectivity index (χ4v) is 2.67. The van der Waals surface area contributed by atoms with Gasteiger partial charge in [-0.25, -0.2) is 4.98 Å². The van der Waals surface area contributed by atoms with Crippen molar-refractivity contribution in [3.63, 3.8) is 0 Å². The summed E-state index contributed by atoms with van der Waals surface area (Å²) in [6, 6.07) is 4.06. The highest BCUT2D eigenvalue weighted by Crippen LogP contribution is 2.27. The molecule has 0 spiro atoms. The highest BCUT2D eigenvalue weighted by atomic mass is 16.2. The van der Waals surface area contributed by atoms with Crippen LogP contribution in [0.4, 0.5) is 5.82 Å². The van der Waals surface area contributed by atoms with Crippen LogP contribution in [0.3, 0.4) is 0 Å². The van der Waals surface area contributed by atoms with Crippen LogP contribution in [0.2, 0.25) is 0 Å². The van der Waals surface area contributed by atoms with Gasteiger partial charge in [-0.2, -0.15) is 0 Å². The Morgan fingerprint density at radius 2 is 2.00 bits per heavy atom. The predicted molar refractivity (Wildman–Crippen MR) is 77.3 cm³/mol. The Morgan fingerprint density at radius 3 is 2.53 bits per heavy atom. The molecular weight excluding hydrogens is 238 g/mol. The Bertz CT molecular complexity index is 422. The first kappa shape index (κ1) is 13.8. The third kappa shape index (κ3) is 3.25. The minimum atomic E-state index is 0.0784. The number of carbonyl (C=O) groups excluding carboxylic acids is 1. The van der Waals surface area contributed by atoms with Gasteiger partial charge in [0.1, 0.15) is 5.82 Å². The number of rotatable bonds is 3. The second kappa shape index (κ2) is 6.04. The molecule has 104 valence electrons. The monoisotopic (exact) mass is 261 g/mol. The second-order valence-electron chi connectivity index (χ2n) is 5.51. The van der Waals surface area contributed by atoms with Crippen LogP contribution in [0, 0.1) is 5.92 Å². The first-order chi connectivity index (χ1) is 9.11. The van der Waals surface area contributed by atoms with E-state index in [2.05, 4.69) is 17.2 Å². The van der Waals surface area contributed by atoms with Gasteiger partial charge in [0.2, 0.25) is 0 Å². The highest BCUT2D eigenvalue weighted by Gasteiger charge is 2.25. The Balaban J connectivity index is 2.01. The van der Waals surface area contributed by atoms with E-state index in [0.29, 0.717) is 11.6 Å². The van der Waals surface area contributed by atoms with Gasteiger partial charge >= 0.3 is 0 Å². The molecule has 1 aliphatic carbocycles. The predicted octanol–water partition coefficient (Wildman–Crippen LogP) is 2.77. The SMILES string of the molecule is CNc1ccc(C(=O)N(C)C2CCC(C)CC2)cn1. The van der Waals surface area contributed by atoms with Crippen molar-refractivity contribution < 1.29 is 4.79 Å². The number of nitrogens with zero attached hydrogens (tertiary/aromatic N) is 2. The van der Waals surface area contributed by atoms with Crippen molar-refractivity contribution in [2.75, 3.05) is 19.4 Å². The topological polar surface area (TPSA) is 45.2 Å². The number of hydrogen-bond acceptors (Lipinski definition) is 3.